The van der Waals surface area contributed by atoms with Crippen LogP contribution in [0, 0.1) is 13.8 Å². The molecular formula is C24H25F3N2O5. The minimum absolute atomic E-state index is 0.0918. The van der Waals surface area contributed by atoms with E-state index in [4.69, 9.17) is 4.74 Å². The van der Waals surface area contributed by atoms with Crippen LogP contribution in [0.1, 0.15) is 36.1 Å². The first-order valence-electron chi connectivity index (χ1n) is 10.5. The standard InChI is InChI=1S/C24H25F3N2O5/c1-14-11-16(12-15(2)20(14)34-23(3,4)21(31)32)9-10-28-19(30)13-29(22(28)33)18-7-5-17(6-8-18)24(25,26)27/h5-8,11-12H,9-10,13H2,1-4H3,(H,31,32). The van der Waals surface area contributed by atoms with Gasteiger partial charge in [-0.25, -0.2) is 9.59 Å². The second kappa shape index (κ2) is 9.00. The van der Waals surface area contributed by atoms with Crippen molar-refractivity contribution in [3.8, 4) is 5.75 Å². The molecule has 10 heteroatoms. The molecule has 7 nitrogen and oxygen atoms in total. The highest BCUT2D eigenvalue weighted by atomic mass is 19.4. The van der Waals surface area contributed by atoms with Crippen LogP contribution in [0.2, 0.25) is 0 Å². The van der Waals surface area contributed by atoms with Crippen LogP contribution >= 0.6 is 0 Å². The Hall–Kier alpha value is -3.56. The van der Waals surface area contributed by atoms with Gasteiger partial charge in [0, 0.05) is 12.2 Å². The molecule has 1 N–H and O–H groups in total. The maximum Gasteiger partial charge on any atom is 0.416 e. The number of carbonyl (C=O) groups is 3. The molecule has 3 amide bonds. The summed E-state index contributed by atoms with van der Waals surface area (Å²) in [5.41, 5.74) is 0.223. The Morgan fingerprint density at radius 1 is 1.06 bits per heavy atom. The number of hydrogen-bond donors (Lipinski definition) is 1. The van der Waals surface area contributed by atoms with Gasteiger partial charge in [0.2, 0.25) is 0 Å². The fraction of sp³-hybridized carbons (Fsp3) is 0.375. The molecule has 0 bridgehead atoms. The van der Waals surface area contributed by atoms with Gasteiger partial charge >= 0.3 is 18.2 Å². The van der Waals surface area contributed by atoms with E-state index >= 15 is 0 Å². The van der Waals surface area contributed by atoms with Gasteiger partial charge in [0.05, 0.1) is 5.56 Å². The lowest BCUT2D eigenvalue weighted by molar-refractivity contribution is -0.152. The Morgan fingerprint density at radius 3 is 2.12 bits per heavy atom. The number of urea groups is 1. The number of aliphatic carboxylic acids is 1. The van der Waals surface area contributed by atoms with Gasteiger partial charge < -0.3 is 9.84 Å². The summed E-state index contributed by atoms with van der Waals surface area (Å²) >= 11 is 0. The topological polar surface area (TPSA) is 87.2 Å². The first-order valence-corrected chi connectivity index (χ1v) is 10.5. The fourth-order valence-corrected chi connectivity index (χ4v) is 3.68. The summed E-state index contributed by atoms with van der Waals surface area (Å²) in [4.78, 5) is 38.8. The molecule has 1 heterocycles. The zero-order chi connectivity index (χ0) is 25.4. The third-order valence-corrected chi connectivity index (χ3v) is 5.58. The van der Waals surface area contributed by atoms with Gasteiger partial charge in [0.1, 0.15) is 12.3 Å². The van der Waals surface area contributed by atoms with Gasteiger partial charge in [-0.05, 0) is 75.1 Å². The van der Waals surface area contributed by atoms with Gasteiger partial charge in [-0.2, -0.15) is 13.2 Å². The molecule has 3 rings (SSSR count). The van der Waals surface area contributed by atoms with Crippen molar-refractivity contribution in [2.45, 2.75) is 45.9 Å². The zero-order valence-corrected chi connectivity index (χ0v) is 19.2. The van der Waals surface area contributed by atoms with Crippen LogP contribution in [-0.2, 0) is 22.2 Å². The highest BCUT2D eigenvalue weighted by Gasteiger charge is 2.37. The Morgan fingerprint density at radius 2 is 1.62 bits per heavy atom. The predicted molar refractivity (Wildman–Crippen MR) is 118 cm³/mol. The summed E-state index contributed by atoms with van der Waals surface area (Å²) in [7, 11) is 0. The molecule has 0 unspecified atom stereocenters. The van der Waals surface area contributed by atoms with Crippen LogP contribution in [0.3, 0.4) is 0 Å². The van der Waals surface area contributed by atoms with Gasteiger partial charge in [0.15, 0.2) is 5.60 Å². The van der Waals surface area contributed by atoms with Crippen LogP contribution in [-0.4, -0.2) is 46.6 Å². The summed E-state index contributed by atoms with van der Waals surface area (Å²) in [6.45, 7) is 6.31. The van der Waals surface area contributed by atoms with Crippen molar-refractivity contribution in [1.29, 1.82) is 0 Å². The fourth-order valence-electron chi connectivity index (χ4n) is 3.68. The van der Waals surface area contributed by atoms with E-state index in [1.807, 2.05) is 0 Å². The monoisotopic (exact) mass is 478 g/mol. The Bertz CT molecular complexity index is 1100. The second-order valence-electron chi connectivity index (χ2n) is 8.68. The van der Waals surface area contributed by atoms with E-state index in [0.29, 0.717) is 12.2 Å². The molecular weight excluding hydrogens is 453 g/mol. The van der Waals surface area contributed by atoms with Crippen molar-refractivity contribution in [2.75, 3.05) is 18.0 Å². The summed E-state index contributed by atoms with van der Waals surface area (Å²) in [6.07, 6.45) is -4.14. The van der Waals surface area contributed by atoms with Crippen molar-refractivity contribution >= 4 is 23.6 Å². The van der Waals surface area contributed by atoms with Crippen molar-refractivity contribution in [1.82, 2.24) is 4.90 Å². The summed E-state index contributed by atoms with van der Waals surface area (Å²) < 4.78 is 44.0. The van der Waals surface area contributed by atoms with Gasteiger partial charge in [-0.15, -0.1) is 0 Å². The molecule has 0 aliphatic carbocycles. The van der Waals surface area contributed by atoms with E-state index in [1.54, 1.807) is 26.0 Å². The van der Waals surface area contributed by atoms with Gasteiger partial charge in [-0.3, -0.25) is 14.6 Å². The smallest absolute Gasteiger partial charge is 0.416 e. The van der Waals surface area contributed by atoms with Crippen LogP contribution in [0.4, 0.5) is 23.7 Å². The van der Waals surface area contributed by atoms with Crippen LogP contribution in [0.5, 0.6) is 5.75 Å². The minimum atomic E-state index is -4.49. The lowest BCUT2D eigenvalue weighted by atomic mass is 10.0. The molecule has 0 atom stereocenters. The Labute approximate surface area is 194 Å². The van der Waals surface area contributed by atoms with Gasteiger partial charge in [0.25, 0.3) is 5.91 Å². The van der Waals surface area contributed by atoms with Crippen molar-refractivity contribution < 1.29 is 37.4 Å². The van der Waals surface area contributed by atoms with E-state index in [1.165, 1.54) is 26.0 Å². The van der Waals surface area contributed by atoms with E-state index in [-0.39, 0.29) is 18.8 Å². The van der Waals surface area contributed by atoms with E-state index in [9.17, 15) is 32.7 Å². The number of aryl methyl sites for hydroxylation is 2. The van der Waals surface area contributed by atoms with E-state index in [2.05, 4.69) is 0 Å². The molecule has 0 radical (unpaired) electrons. The first-order chi connectivity index (χ1) is 15.7. The summed E-state index contributed by atoms with van der Waals surface area (Å²) in [5, 5.41) is 9.30. The predicted octanol–water partition coefficient (Wildman–Crippen LogP) is 4.58. The summed E-state index contributed by atoms with van der Waals surface area (Å²) in [6, 6.07) is 7.09. The van der Waals surface area contributed by atoms with Gasteiger partial charge in [-0.1, -0.05) is 12.1 Å². The second-order valence-corrected chi connectivity index (χ2v) is 8.68. The molecule has 1 aliphatic rings. The van der Waals surface area contributed by atoms with Crippen LogP contribution in [0.15, 0.2) is 36.4 Å². The number of halogens is 3. The van der Waals surface area contributed by atoms with Crippen molar-refractivity contribution in [3.63, 3.8) is 0 Å². The molecule has 1 saturated heterocycles. The average Bonchev–Trinajstić information content (AvgIpc) is 3.02. The van der Waals surface area contributed by atoms with Crippen molar-refractivity contribution in [3.05, 3.63) is 58.7 Å². The first kappa shape index (κ1) is 25.1. The number of rotatable bonds is 7. The third-order valence-electron chi connectivity index (χ3n) is 5.58. The van der Waals surface area contributed by atoms with Crippen LogP contribution in [0.25, 0.3) is 0 Å². The number of anilines is 1. The number of carbonyl (C=O) groups excluding carboxylic acids is 2. The maximum absolute atomic E-state index is 12.8. The largest absolute Gasteiger partial charge is 0.478 e. The number of benzene rings is 2. The Balaban J connectivity index is 1.70. The molecule has 1 aliphatic heterocycles. The highest BCUT2D eigenvalue weighted by Crippen LogP contribution is 2.32. The number of ether oxygens (including phenoxy) is 1. The number of hydrogen-bond acceptors (Lipinski definition) is 4. The molecule has 0 saturated carbocycles. The SMILES string of the molecule is Cc1cc(CCN2C(=O)CN(c3ccc(C(F)(F)F)cc3)C2=O)cc(C)c1OC(C)(C)C(=O)O. The average molecular weight is 478 g/mol. The quantitative estimate of drug-likeness (QED) is 0.589. The lowest BCUT2D eigenvalue weighted by Gasteiger charge is -2.24. The zero-order valence-electron chi connectivity index (χ0n) is 19.2. The van der Waals surface area contributed by atoms with Crippen LogP contribution < -0.4 is 9.64 Å². The molecule has 2 aromatic carbocycles. The molecule has 182 valence electrons. The number of carboxylic acid groups (broad SMARTS) is 1. The molecule has 0 spiro atoms. The third kappa shape index (κ3) is 5.16. The van der Waals surface area contributed by atoms with Crippen molar-refractivity contribution in [2.24, 2.45) is 0 Å². The maximum atomic E-state index is 12.8. The lowest BCUT2D eigenvalue weighted by Crippen LogP contribution is -2.38. The number of alkyl halides is 3. The van der Waals surface area contributed by atoms with E-state index in [0.717, 1.165) is 38.6 Å². The normalized spacial score (nSPS) is 14.7. The number of nitrogens with zero attached hydrogens (tertiary/aromatic N) is 2. The summed E-state index contributed by atoms with van der Waals surface area (Å²) in [5.74, 6) is -1.08. The molecule has 2 aromatic rings. The number of imide groups is 1. The molecule has 34 heavy (non-hydrogen) atoms. The highest BCUT2D eigenvalue weighted by molar-refractivity contribution is 6.12. The number of carboxylic acids is 1. The Kier molecular flexibility index (Phi) is 6.64. The molecule has 1 fully saturated rings. The number of amides is 3. The minimum Gasteiger partial charge on any atom is -0.478 e. The van der Waals surface area contributed by atoms with E-state index < -0.39 is 35.2 Å². The molecule has 0 aromatic heterocycles.